The fourth-order valence-corrected chi connectivity index (χ4v) is 2.76. The number of nitrogens with one attached hydrogen (secondary N) is 1. The van der Waals surface area contributed by atoms with Crippen LogP contribution in [-0.4, -0.2) is 38.4 Å². The SMILES string of the molecule is CCOC(=O)c1cn(CCS(=O)(=O)NC)cc(Oc2ccccc2)c1=O. The van der Waals surface area contributed by atoms with Gasteiger partial charge >= 0.3 is 5.97 Å². The number of aromatic nitrogens is 1. The maximum atomic E-state index is 12.5. The molecule has 0 aliphatic rings. The number of para-hydroxylation sites is 1. The van der Waals surface area contributed by atoms with Crippen LogP contribution >= 0.6 is 0 Å². The molecule has 0 spiro atoms. The van der Waals surface area contributed by atoms with Crippen molar-refractivity contribution in [1.29, 1.82) is 0 Å². The van der Waals surface area contributed by atoms with Gasteiger partial charge in [-0.2, -0.15) is 0 Å². The maximum Gasteiger partial charge on any atom is 0.343 e. The van der Waals surface area contributed by atoms with Crippen LogP contribution in [0.3, 0.4) is 0 Å². The Balaban J connectivity index is 2.41. The van der Waals surface area contributed by atoms with Gasteiger partial charge in [0.15, 0.2) is 5.75 Å². The van der Waals surface area contributed by atoms with Gasteiger partial charge in [-0.3, -0.25) is 4.79 Å². The summed E-state index contributed by atoms with van der Waals surface area (Å²) in [6.07, 6.45) is 2.63. The van der Waals surface area contributed by atoms with E-state index in [0.717, 1.165) is 0 Å². The van der Waals surface area contributed by atoms with Crippen molar-refractivity contribution in [2.24, 2.45) is 0 Å². The molecule has 0 aliphatic carbocycles. The predicted octanol–water partition coefficient (Wildman–Crippen LogP) is 1.37. The van der Waals surface area contributed by atoms with E-state index in [1.807, 2.05) is 0 Å². The number of esters is 1. The first-order valence-electron chi connectivity index (χ1n) is 7.91. The van der Waals surface area contributed by atoms with Gasteiger partial charge in [0, 0.05) is 12.7 Å². The monoisotopic (exact) mass is 380 g/mol. The molecule has 26 heavy (non-hydrogen) atoms. The average molecular weight is 380 g/mol. The van der Waals surface area contributed by atoms with E-state index in [1.165, 1.54) is 24.0 Å². The highest BCUT2D eigenvalue weighted by atomic mass is 32.2. The molecular weight excluding hydrogens is 360 g/mol. The quantitative estimate of drug-likeness (QED) is 0.694. The van der Waals surface area contributed by atoms with E-state index < -0.39 is 21.4 Å². The molecule has 2 aromatic rings. The first-order chi connectivity index (χ1) is 12.4. The van der Waals surface area contributed by atoms with Crippen LogP contribution in [0.5, 0.6) is 11.5 Å². The molecule has 0 unspecified atom stereocenters. The fourth-order valence-electron chi connectivity index (χ4n) is 2.10. The van der Waals surface area contributed by atoms with E-state index in [1.54, 1.807) is 37.3 Å². The minimum Gasteiger partial charge on any atom is -0.462 e. The zero-order valence-corrected chi connectivity index (χ0v) is 15.3. The second-order valence-electron chi connectivity index (χ2n) is 5.26. The van der Waals surface area contributed by atoms with Crippen molar-refractivity contribution in [3.05, 3.63) is 58.5 Å². The Labute approximate surface area is 151 Å². The number of rotatable bonds is 8. The number of hydrogen-bond acceptors (Lipinski definition) is 6. The molecule has 1 aromatic carbocycles. The van der Waals surface area contributed by atoms with Crippen LogP contribution in [0, 0.1) is 0 Å². The summed E-state index contributed by atoms with van der Waals surface area (Å²) in [5.41, 5.74) is -0.845. The number of pyridine rings is 1. The van der Waals surface area contributed by atoms with E-state index >= 15 is 0 Å². The molecule has 1 aromatic heterocycles. The topological polar surface area (TPSA) is 104 Å². The largest absolute Gasteiger partial charge is 0.462 e. The Morgan fingerprint density at radius 3 is 2.50 bits per heavy atom. The summed E-state index contributed by atoms with van der Waals surface area (Å²) >= 11 is 0. The van der Waals surface area contributed by atoms with Crippen molar-refractivity contribution in [3.8, 4) is 11.5 Å². The molecule has 0 fully saturated rings. The van der Waals surface area contributed by atoms with Crippen molar-refractivity contribution in [1.82, 2.24) is 9.29 Å². The second kappa shape index (κ2) is 8.63. The number of ether oxygens (including phenoxy) is 2. The smallest absolute Gasteiger partial charge is 0.343 e. The molecule has 0 aliphatic heterocycles. The number of carbonyl (C=O) groups is 1. The highest BCUT2D eigenvalue weighted by Gasteiger charge is 2.18. The van der Waals surface area contributed by atoms with Crippen LogP contribution in [0.4, 0.5) is 0 Å². The Hall–Kier alpha value is -2.65. The van der Waals surface area contributed by atoms with Gasteiger partial charge in [0.2, 0.25) is 15.5 Å². The maximum absolute atomic E-state index is 12.5. The molecule has 2 rings (SSSR count). The normalized spacial score (nSPS) is 11.2. The third-order valence-corrected chi connectivity index (χ3v) is 4.78. The summed E-state index contributed by atoms with van der Waals surface area (Å²) in [6.45, 7) is 1.76. The number of hydrogen-bond donors (Lipinski definition) is 1. The van der Waals surface area contributed by atoms with Crippen molar-refractivity contribution in [3.63, 3.8) is 0 Å². The number of benzene rings is 1. The van der Waals surface area contributed by atoms with Crippen molar-refractivity contribution < 1.29 is 22.7 Å². The van der Waals surface area contributed by atoms with Crippen molar-refractivity contribution in [2.75, 3.05) is 19.4 Å². The lowest BCUT2D eigenvalue weighted by Crippen LogP contribution is -2.26. The van der Waals surface area contributed by atoms with Crippen LogP contribution in [0.2, 0.25) is 0 Å². The molecule has 0 saturated carbocycles. The van der Waals surface area contributed by atoms with Crippen LogP contribution in [-0.2, 0) is 21.3 Å². The molecule has 1 N–H and O–H groups in total. The van der Waals surface area contributed by atoms with Gasteiger partial charge in [-0.15, -0.1) is 0 Å². The summed E-state index contributed by atoms with van der Waals surface area (Å²) in [4.78, 5) is 24.6. The van der Waals surface area contributed by atoms with E-state index in [9.17, 15) is 18.0 Å². The lowest BCUT2D eigenvalue weighted by molar-refractivity contribution is 0.0523. The molecule has 9 heteroatoms. The number of carbonyl (C=O) groups excluding carboxylic acids is 1. The van der Waals surface area contributed by atoms with E-state index in [4.69, 9.17) is 9.47 Å². The number of nitrogens with zero attached hydrogens (tertiary/aromatic N) is 1. The highest BCUT2D eigenvalue weighted by molar-refractivity contribution is 7.89. The molecule has 0 radical (unpaired) electrons. The van der Waals surface area contributed by atoms with Gasteiger partial charge in [-0.1, -0.05) is 18.2 Å². The first-order valence-corrected chi connectivity index (χ1v) is 9.57. The fraction of sp³-hybridized carbons (Fsp3) is 0.294. The van der Waals surface area contributed by atoms with Gasteiger partial charge in [0.05, 0.1) is 18.6 Å². The third-order valence-electron chi connectivity index (χ3n) is 3.44. The Kier molecular flexibility index (Phi) is 6.53. The second-order valence-corrected chi connectivity index (χ2v) is 7.31. The first kappa shape index (κ1) is 19.7. The zero-order chi connectivity index (χ0) is 19.2. The summed E-state index contributed by atoms with van der Waals surface area (Å²) < 4.78 is 37.4. The van der Waals surface area contributed by atoms with Gasteiger partial charge in [-0.05, 0) is 26.1 Å². The predicted molar refractivity (Wildman–Crippen MR) is 96.0 cm³/mol. The molecule has 140 valence electrons. The van der Waals surface area contributed by atoms with Gasteiger partial charge < -0.3 is 14.0 Å². The number of sulfonamides is 1. The van der Waals surface area contributed by atoms with Crippen LogP contribution in [0.25, 0.3) is 0 Å². The van der Waals surface area contributed by atoms with Gasteiger partial charge in [0.1, 0.15) is 11.3 Å². The lowest BCUT2D eigenvalue weighted by atomic mass is 10.2. The number of aryl methyl sites for hydroxylation is 1. The summed E-state index contributed by atoms with van der Waals surface area (Å²) in [6, 6.07) is 8.59. The van der Waals surface area contributed by atoms with Crippen molar-refractivity contribution >= 4 is 16.0 Å². The summed E-state index contributed by atoms with van der Waals surface area (Å²) in [7, 11) is -2.13. The van der Waals surface area contributed by atoms with Crippen molar-refractivity contribution in [2.45, 2.75) is 13.5 Å². The van der Waals surface area contributed by atoms with Crippen LogP contribution in [0.1, 0.15) is 17.3 Å². The standard InChI is InChI=1S/C17H20N2O6S/c1-3-24-17(21)14-11-19(9-10-26(22,23)18-2)12-15(16(14)20)25-13-7-5-4-6-8-13/h4-8,11-12,18H,3,9-10H2,1-2H3. The summed E-state index contributed by atoms with van der Waals surface area (Å²) in [5.74, 6) is -0.691. The van der Waals surface area contributed by atoms with E-state index in [-0.39, 0.29) is 30.2 Å². The van der Waals surface area contributed by atoms with E-state index in [2.05, 4.69) is 4.72 Å². The Morgan fingerprint density at radius 1 is 1.19 bits per heavy atom. The minimum absolute atomic E-state index is 0.0288. The molecule has 8 nitrogen and oxygen atoms in total. The van der Waals surface area contributed by atoms with Gasteiger partial charge in [0.25, 0.3) is 0 Å². The molecule has 0 atom stereocenters. The zero-order valence-electron chi connectivity index (χ0n) is 14.5. The molecule has 0 saturated heterocycles. The van der Waals surface area contributed by atoms with Gasteiger partial charge in [-0.25, -0.2) is 17.9 Å². The Morgan fingerprint density at radius 2 is 1.88 bits per heavy atom. The molecule has 0 amide bonds. The third kappa shape index (κ3) is 5.17. The van der Waals surface area contributed by atoms with Crippen LogP contribution in [0.15, 0.2) is 47.5 Å². The highest BCUT2D eigenvalue weighted by Crippen LogP contribution is 2.18. The molecule has 0 bridgehead atoms. The van der Waals surface area contributed by atoms with Crippen LogP contribution < -0.4 is 14.9 Å². The lowest BCUT2D eigenvalue weighted by Gasteiger charge is -2.12. The van der Waals surface area contributed by atoms with E-state index in [0.29, 0.717) is 5.75 Å². The average Bonchev–Trinajstić information content (AvgIpc) is 2.63. The molecular formula is C17H20N2O6S. The molecule has 1 heterocycles. The minimum atomic E-state index is -3.45. The summed E-state index contributed by atoms with van der Waals surface area (Å²) in [5, 5.41) is 0. The Bertz CT molecular complexity index is 922.